The molecule has 2 aromatic carbocycles. The number of ether oxygens (including phenoxy) is 2. The van der Waals surface area contributed by atoms with E-state index in [4.69, 9.17) is 9.47 Å². The zero-order valence-corrected chi connectivity index (χ0v) is 15.3. The number of hydrogen-bond donors (Lipinski definition) is 1. The molecule has 6 heteroatoms. The number of carbonyl (C=O) groups is 2. The Labute approximate surface area is 152 Å². The van der Waals surface area contributed by atoms with Crippen LogP contribution in [-0.4, -0.2) is 24.6 Å². The van der Waals surface area contributed by atoms with Gasteiger partial charge in [0.2, 0.25) is 0 Å². The molecular weight excluding hydrogens is 337 g/mol. The fourth-order valence-corrected chi connectivity index (χ4v) is 2.57. The molecule has 0 saturated heterocycles. The Bertz CT molecular complexity index is 779. The molecule has 0 aliphatic rings. The maximum atomic E-state index is 12.9. The quantitative estimate of drug-likeness (QED) is 0.799. The van der Waals surface area contributed by atoms with Crippen LogP contribution in [0.4, 0.5) is 10.1 Å². The van der Waals surface area contributed by atoms with Gasteiger partial charge in [-0.15, -0.1) is 0 Å². The molecular formula is C20H22FNO4. The van der Waals surface area contributed by atoms with Gasteiger partial charge in [0.1, 0.15) is 11.6 Å². The van der Waals surface area contributed by atoms with Crippen LogP contribution in [0.3, 0.4) is 0 Å². The predicted molar refractivity (Wildman–Crippen MR) is 96.7 cm³/mol. The molecule has 26 heavy (non-hydrogen) atoms. The molecule has 1 amide bonds. The lowest BCUT2D eigenvalue weighted by Crippen LogP contribution is -2.30. The van der Waals surface area contributed by atoms with E-state index >= 15 is 0 Å². The Morgan fingerprint density at radius 3 is 2.23 bits per heavy atom. The highest BCUT2D eigenvalue weighted by molar-refractivity contribution is 5.94. The lowest BCUT2D eigenvalue weighted by atomic mass is 10.1. The summed E-state index contributed by atoms with van der Waals surface area (Å²) in [6.45, 7) is 6.87. The van der Waals surface area contributed by atoms with Crippen LogP contribution in [0.15, 0.2) is 36.4 Å². The van der Waals surface area contributed by atoms with Crippen molar-refractivity contribution in [2.75, 3.05) is 11.9 Å². The number of anilines is 1. The molecule has 0 heterocycles. The summed E-state index contributed by atoms with van der Waals surface area (Å²) in [7, 11) is 0. The fourth-order valence-electron chi connectivity index (χ4n) is 2.57. The topological polar surface area (TPSA) is 64.6 Å². The van der Waals surface area contributed by atoms with Crippen molar-refractivity contribution in [2.45, 2.75) is 33.8 Å². The highest BCUT2D eigenvalue weighted by Gasteiger charge is 2.18. The van der Waals surface area contributed by atoms with Crippen molar-refractivity contribution >= 4 is 17.6 Å². The number of rotatable bonds is 6. The van der Waals surface area contributed by atoms with Gasteiger partial charge in [0.05, 0.1) is 0 Å². The molecule has 0 bridgehead atoms. The van der Waals surface area contributed by atoms with Crippen LogP contribution in [0, 0.1) is 26.6 Å². The maximum Gasteiger partial charge on any atom is 0.347 e. The second kappa shape index (κ2) is 8.47. The van der Waals surface area contributed by atoms with E-state index in [-0.39, 0.29) is 0 Å². The third kappa shape index (κ3) is 5.31. The van der Waals surface area contributed by atoms with Gasteiger partial charge in [0.15, 0.2) is 12.7 Å². The van der Waals surface area contributed by atoms with Gasteiger partial charge in [0, 0.05) is 5.69 Å². The standard InChI is InChI=1S/C20H22FNO4/c1-12-9-13(2)19(14(3)10-12)22-18(23)11-25-20(24)15(4)26-17-7-5-16(21)6-8-17/h5-10,15H,11H2,1-4H3,(H,22,23)/t15-/m0/s1. The van der Waals surface area contributed by atoms with Crippen LogP contribution < -0.4 is 10.1 Å². The number of benzene rings is 2. The van der Waals surface area contributed by atoms with E-state index in [2.05, 4.69) is 5.32 Å². The zero-order chi connectivity index (χ0) is 19.3. The molecule has 1 atom stereocenters. The number of hydrogen-bond acceptors (Lipinski definition) is 4. The third-order valence-corrected chi connectivity index (χ3v) is 3.75. The highest BCUT2D eigenvalue weighted by Crippen LogP contribution is 2.21. The monoisotopic (exact) mass is 359 g/mol. The van der Waals surface area contributed by atoms with E-state index < -0.39 is 30.4 Å². The van der Waals surface area contributed by atoms with E-state index in [1.54, 1.807) is 0 Å². The van der Waals surface area contributed by atoms with Crippen molar-refractivity contribution in [3.05, 3.63) is 58.9 Å². The number of carbonyl (C=O) groups excluding carboxylic acids is 2. The van der Waals surface area contributed by atoms with E-state index in [0.29, 0.717) is 11.4 Å². The molecule has 0 unspecified atom stereocenters. The Balaban J connectivity index is 1.86. The Morgan fingerprint density at radius 2 is 1.65 bits per heavy atom. The zero-order valence-electron chi connectivity index (χ0n) is 15.3. The largest absolute Gasteiger partial charge is 0.479 e. The smallest absolute Gasteiger partial charge is 0.347 e. The van der Waals surface area contributed by atoms with Crippen molar-refractivity contribution in [1.82, 2.24) is 0 Å². The van der Waals surface area contributed by atoms with Crippen LogP contribution in [0.5, 0.6) is 5.75 Å². The lowest BCUT2D eigenvalue weighted by molar-refractivity contribution is -0.153. The average Bonchev–Trinajstić information content (AvgIpc) is 2.57. The first-order valence-electron chi connectivity index (χ1n) is 8.23. The Kier molecular flexibility index (Phi) is 6.33. The first-order valence-corrected chi connectivity index (χ1v) is 8.23. The van der Waals surface area contributed by atoms with Crippen LogP contribution in [0.25, 0.3) is 0 Å². The Hall–Kier alpha value is -2.89. The van der Waals surface area contributed by atoms with E-state index in [1.165, 1.54) is 31.2 Å². The van der Waals surface area contributed by atoms with Gasteiger partial charge in [-0.1, -0.05) is 17.7 Å². The summed E-state index contributed by atoms with van der Waals surface area (Å²) in [4.78, 5) is 24.0. The van der Waals surface area contributed by atoms with Gasteiger partial charge in [-0.25, -0.2) is 9.18 Å². The number of esters is 1. The molecule has 2 aromatic rings. The molecule has 1 N–H and O–H groups in total. The second-order valence-corrected chi connectivity index (χ2v) is 6.14. The van der Waals surface area contributed by atoms with Gasteiger partial charge in [-0.3, -0.25) is 4.79 Å². The third-order valence-electron chi connectivity index (χ3n) is 3.75. The van der Waals surface area contributed by atoms with Gasteiger partial charge >= 0.3 is 5.97 Å². The van der Waals surface area contributed by atoms with Gasteiger partial charge in [-0.2, -0.15) is 0 Å². The molecule has 0 fully saturated rings. The van der Waals surface area contributed by atoms with Crippen molar-refractivity contribution in [2.24, 2.45) is 0 Å². The lowest BCUT2D eigenvalue weighted by Gasteiger charge is -2.15. The first-order chi connectivity index (χ1) is 12.3. The van der Waals surface area contributed by atoms with Crippen LogP contribution >= 0.6 is 0 Å². The molecule has 0 aliphatic heterocycles. The molecule has 2 rings (SSSR count). The molecule has 138 valence electrons. The average molecular weight is 359 g/mol. The van der Waals surface area contributed by atoms with Crippen LogP contribution in [0.1, 0.15) is 23.6 Å². The van der Waals surface area contributed by atoms with E-state index in [1.807, 2.05) is 32.9 Å². The summed E-state index contributed by atoms with van der Waals surface area (Å²) in [6.07, 6.45) is -0.920. The molecule has 5 nitrogen and oxygen atoms in total. The van der Waals surface area contributed by atoms with Gasteiger partial charge in [0.25, 0.3) is 5.91 Å². The SMILES string of the molecule is Cc1cc(C)c(NC(=O)COC(=O)[C@H](C)Oc2ccc(F)cc2)c(C)c1. The van der Waals surface area contributed by atoms with Gasteiger partial charge in [-0.05, 0) is 63.1 Å². The number of halogens is 1. The molecule has 0 aromatic heterocycles. The summed E-state index contributed by atoms with van der Waals surface area (Å²) in [5, 5.41) is 2.76. The van der Waals surface area contributed by atoms with Crippen molar-refractivity contribution in [3.63, 3.8) is 0 Å². The summed E-state index contributed by atoms with van der Waals surface area (Å²) in [5.41, 5.74) is 3.70. The summed E-state index contributed by atoms with van der Waals surface area (Å²) < 4.78 is 23.2. The van der Waals surface area contributed by atoms with Crippen molar-refractivity contribution in [3.8, 4) is 5.75 Å². The maximum absolute atomic E-state index is 12.9. The minimum Gasteiger partial charge on any atom is -0.479 e. The second-order valence-electron chi connectivity index (χ2n) is 6.14. The van der Waals surface area contributed by atoms with Crippen LogP contribution in [0.2, 0.25) is 0 Å². The highest BCUT2D eigenvalue weighted by atomic mass is 19.1. The van der Waals surface area contributed by atoms with Crippen molar-refractivity contribution in [1.29, 1.82) is 0 Å². The minimum atomic E-state index is -0.920. The number of nitrogens with one attached hydrogen (secondary N) is 1. The first kappa shape index (κ1) is 19.4. The summed E-state index contributed by atoms with van der Waals surface area (Å²) in [6, 6.07) is 9.21. The van der Waals surface area contributed by atoms with E-state index in [0.717, 1.165) is 16.7 Å². The fraction of sp³-hybridized carbons (Fsp3) is 0.300. The normalized spacial score (nSPS) is 11.6. The minimum absolute atomic E-state index is 0.339. The molecule has 0 spiro atoms. The molecule has 0 saturated carbocycles. The number of amides is 1. The molecule has 0 radical (unpaired) electrons. The predicted octanol–water partition coefficient (Wildman–Crippen LogP) is 3.70. The Morgan fingerprint density at radius 1 is 1.08 bits per heavy atom. The summed E-state index contributed by atoms with van der Waals surface area (Å²) in [5.74, 6) is -1.17. The summed E-state index contributed by atoms with van der Waals surface area (Å²) >= 11 is 0. The molecule has 0 aliphatic carbocycles. The number of aryl methyl sites for hydroxylation is 3. The van der Waals surface area contributed by atoms with Gasteiger partial charge < -0.3 is 14.8 Å². The van der Waals surface area contributed by atoms with Crippen molar-refractivity contribution < 1.29 is 23.5 Å². The van der Waals surface area contributed by atoms with Crippen LogP contribution in [-0.2, 0) is 14.3 Å². The van der Waals surface area contributed by atoms with E-state index in [9.17, 15) is 14.0 Å².